The van der Waals surface area contributed by atoms with Crippen molar-refractivity contribution in [2.24, 2.45) is 0 Å². The topological polar surface area (TPSA) is 42.0 Å². The molecule has 1 amide bonds. The maximum absolute atomic E-state index is 12.7. The third-order valence-corrected chi connectivity index (χ3v) is 5.11. The molecule has 0 aliphatic heterocycles. The lowest BCUT2D eigenvalue weighted by Gasteiger charge is -2.19. The van der Waals surface area contributed by atoms with Crippen molar-refractivity contribution in [2.75, 3.05) is 5.32 Å². The molecule has 0 saturated heterocycles. The lowest BCUT2D eigenvalue weighted by atomic mass is 9.86. The van der Waals surface area contributed by atoms with Crippen LogP contribution < -0.4 is 5.32 Å². The Morgan fingerprint density at radius 3 is 2.21 bits per heavy atom. The monoisotopic (exact) mass is 380 g/mol. The van der Waals surface area contributed by atoms with E-state index in [2.05, 4.69) is 79.6 Å². The second kappa shape index (κ2) is 7.51. The van der Waals surface area contributed by atoms with Crippen LogP contribution in [-0.4, -0.2) is 10.9 Å². The van der Waals surface area contributed by atoms with Crippen LogP contribution in [0.2, 0.25) is 0 Å². The van der Waals surface area contributed by atoms with Gasteiger partial charge in [0.1, 0.15) is 5.69 Å². The lowest BCUT2D eigenvalue weighted by Crippen LogP contribution is -2.13. The van der Waals surface area contributed by atoms with Crippen molar-refractivity contribution in [3.05, 3.63) is 96.3 Å². The molecule has 3 nitrogen and oxygen atoms in total. The van der Waals surface area contributed by atoms with E-state index in [4.69, 9.17) is 0 Å². The van der Waals surface area contributed by atoms with Crippen LogP contribution in [0.1, 0.15) is 36.8 Å². The number of anilines is 1. The zero-order chi connectivity index (χ0) is 20.4. The van der Waals surface area contributed by atoms with Crippen LogP contribution >= 0.6 is 0 Å². The Balaban J connectivity index is 1.79. The highest BCUT2D eigenvalue weighted by atomic mass is 16.1. The Kier molecular flexibility index (Phi) is 4.89. The van der Waals surface area contributed by atoms with Crippen LogP contribution in [0.4, 0.5) is 5.69 Å². The molecule has 144 valence electrons. The molecule has 0 unspecified atom stereocenters. The molecule has 0 radical (unpaired) electrons. The number of fused-ring (bicyclic) bond motifs is 1. The molecular formula is C26H24N2O. The number of aromatic nitrogens is 1. The summed E-state index contributed by atoms with van der Waals surface area (Å²) in [5.74, 6) is -0.212. The minimum Gasteiger partial charge on any atom is -0.320 e. The molecule has 0 aliphatic carbocycles. The highest BCUT2D eigenvalue weighted by Gasteiger charge is 2.15. The summed E-state index contributed by atoms with van der Waals surface area (Å²) in [5, 5.41) is 5.16. The van der Waals surface area contributed by atoms with E-state index in [9.17, 15) is 4.79 Å². The van der Waals surface area contributed by atoms with Gasteiger partial charge in [-0.25, -0.2) is 0 Å². The quantitative estimate of drug-likeness (QED) is 0.444. The van der Waals surface area contributed by atoms with E-state index in [0.29, 0.717) is 5.69 Å². The van der Waals surface area contributed by atoms with E-state index < -0.39 is 0 Å². The van der Waals surface area contributed by atoms with E-state index in [-0.39, 0.29) is 11.3 Å². The molecule has 0 fully saturated rings. The zero-order valence-electron chi connectivity index (χ0n) is 16.9. The Labute approximate surface area is 171 Å². The fourth-order valence-electron chi connectivity index (χ4n) is 3.52. The first kappa shape index (κ1) is 18.9. The van der Waals surface area contributed by atoms with Crippen molar-refractivity contribution in [3.8, 4) is 11.1 Å². The molecule has 29 heavy (non-hydrogen) atoms. The van der Waals surface area contributed by atoms with Gasteiger partial charge in [0.25, 0.3) is 5.91 Å². The highest BCUT2D eigenvalue weighted by Crippen LogP contribution is 2.35. The number of carbonyl (C=O) groups excluding carboxylic acids is 1. The maximum Gasteiger partial charge on any atom is 0.274 e. The summed E-state index contributed by atoms with van der Waals surface area (Å²) in [6, 6.07) is 26.2. The van der Waals surface area contributed by atoms with Gasteiger partial charge in [0, 0.05) is 17.3 Å². The smallest absolute Gasteiger partial charge is 0.274 e. The second-order valence-electron chi connectivity index (χ2n) is 8.21. The summed E-state index contributed by atoms with van der Waals surface area (Å²) in [6.45, 7) is 6.64. The Morgan fingerprint density at radius 1 is 0.828 bits per heavy atom. The van der Waals surface area contributed by atoms with Crippen molar-refractivity contribution in [1.29, 1.82) is 0 Å². The molecule has 0 saturated carbocycles. The summed E-state index contributed by atoms with van der Waals surface area (Å²) in [4.78, 5) is 16.8. The molecule has 1 N–H and O–H groups in total. The molecule has 0 spiro atoms. The standard InChI is InChI=1S/C26H24N2O/c1-26(2,3)20-15-13-18(14-16-20)21-10-6-8-19-9-7-12-22(24(19)21)28-25(29)23-11-4-5-17-27-23/h4-17H,1-3H3,(H,28,29). The number of hydrogen-bond acceptors (Lipinski definition) is 2. The molecule has 0 aliphatic rings. The van der Waals surface area contributed by atoms with Crippen LogP contribution in [-0.2, 0) is 5.41 Å². The molecular weight excluding hydrogens is 356 g/mol. The first-order valence-electron chi connectivity index (χ1n) is 9.78. The number of benzene rings is 3. The van der Waals surface area contributed by atoms with Gasteiger partial charge >= 0.3 is 0 Å². The van der Waals surface area contributed by atoms with E-state index in [0.717, 1.165) is 27.6 Å². The first-order valence-corrected chi connectivity index (χ1v) is 9.78. The molecule has 3 aromatic carbocycles. The van der Waals surface area contributed by atoms with Gasteiger partial charge in [0.15, 0.2) is 0 Å². The van der Waals surface area contributed by atoms with E-state index in [1.807, 2.05) is 18.2 Å². The zero-order valence-corrected chi connectivity index (χ0v) is 16.9. The van der Waals surface area contributed by atoms with E-state index >= 15 is 0 Å². The van der Waals surface area contributed by atoms with Crippen molar-refractivity contribution in [1.82, 2.24) is 4.98 Å². The predicted octanol–water partition coefficient (Wildman–Crippen LogP) is 6.45. The maximum atomic E-state index is 12.7. The molecule has 3 heteroatoms. The van der Waals surface area contributed by atoms with Crippen molar-refractivity contribution >= 4 is 22.4 Å². The fourth-order valence-corrected chi connectivity index (χ4v) is 3.52. The van der Waals surface area contributed by atoms with Crippen LogP contribution in [0.15, 0.2) is 85.1 Å². The number of carbonyl (C=O) groups is 1. The lowest BCUT2D eigenvalue weighted by molar-refractivity contribution is 0.102. The Hall–Kier alpha value is -3.46. The van der Waals surface area contributed by atoms with Gasteiger partial charge in [-0.15, -0.1) is 0 Å². The minimum absolute atomic E-state index is 0.110. The molecule has 1 aromatic heterocycles. The average Bonchev–Trinajstić information content (AvgIpc) is 2.73. The number of rotatable bonds is 3. The molecule has 1 heterocycles. The minimum atomic E-state index is -0.212. The predicted molar refractivity (Wildman–Crippen MR) is 120 cm³/mol. The highest BCUT2D eigenvalue weighted by molar-refractivity contribution is 6.12. The van der Waals surface area contributed by atoms with Gasteiger partial charge in [-0.2, -0.15) is 0 Å². The summed E-state index contributed by atoms with van der Waals surface area (Å²) < 4.78 is 0. The second-order valence-corrected chi connectivity index (χ2v) is 8.21. The van der Waals surface area contributed by atoms with Gasteiger partial charge in [0.05, 0.1) is 0 Å². The average molecular weight is 380 g/mol. The summed E-state index contributed by atoms with van der Waals surface area (Å²) >= 11 is 0. The third-order valence-electron chi connectivity index (χ3n) is 5.11. The van der Waals surface area contributed by atoms with Crippen LogP contribution in [0.5, 0.6) is 0 Å². The van der Waals surface area contributed by atoms with E-state index in [1.54, 1.807) is 18.3 Å². The largest absolute Gasteiger partial charge is 0.320 e. The number of pyridine rings is 1. The third kappa shape index (κ3) is 3.90. The Morgan fingerprint density at radius 2 is 1.55 bits per heavy atom. The number of nitrogens with zero attached hydrogens (tertiary/aromatic N) is 1. The van der Waals surface area contributed by atoms with Gasteiger partial charge in [-0.3, -0.25) is 9.78 Å². The summed E-state index contributed by atoms with van der Waals surface area (Å²) in [5.41, 5.74) is 4.82. The molecule has 0 atom stereocenters. The summed E-state index contributed by atoms with van der Waals surface area (Å²) in [7, 11) is 0. The van der Waals surface area contributed by atoms with Crippen molar-refractivity contribution in [2.45, 2.75) is 26.2 Å². The van der Waals surface area contributed by atoms with E-state index in [1.165, 1.54) is 5.56 Å². The molecule has 4 rings (SSSR count). The number of nitrogens with one attached hydrogen (secondary N) is 1. The van der Waals surface area contributed by atoms with Crippen molar-refractivity contribution < 1.29 is 4.79 Å². The van der Waals surface area contributed by atoms with Crippen LogP contribution in [0.25, 0.3) is 21.9 Å². The van der Waals surface area contributed by atoms with Gasteiger partial charge in [-0.05, 0) is 45.7 Å². The fraction of sp³-hybridized carbons (Fsp3) is 0.154. The number of hydrogen-bond donors (Lipinski definition) is 1. The summed E-state index contributed by atoms with van der Waals surface area (Å²) in [6.07, 6.45) is 1.63. The number of amides is 1. The normalized spacial score (nSPS) is 11.4. The first-order chi connectivity index (χ1) is 13.9. The van der Waals surface area contributed by atoms with Crippen LogP contribution in [0.3, 0.4) is 0 Å². The van der Waals surface area contributed by atoms with Crippen molar-refractivity contribution in [3.63, 3.8) is 0 Å². The SMILES string of the molecule is CC(C)(C)c1ccc(-c2cccc3cccc(NC(=O)c4ccccn4)c23)cc1. The Bertz CT molecular complexity index is 1150. The van der Waals surface area contributed by atoms with Crippen LogP contribution in [0, 0.1) is 0 Å². The molecule has 0 bridgehead atoms. The van der Waals surface area contributed by atoms with Gasteiger partial charge in [-0.1, -0.05) is 81.4 Å². The van der Waals surface area contributed by atoms with Gasteiger partial charge < -0.3 is 5.32 Å². The molecule has 4 aromatic rings. The van der Waals surface area contributed by atoms with Gasteiger partial charge in [0.2, 0.25) is 0 Å².